The number of hydrogen-bond acceptors (Lipinski definition) is 35. The highest BCUT2D eigenvalue weighted by atomic mass is 16.7. The van der Waals surface area contributed by atoms with Crippen molar-refractivity contribution in [1.82, 2.24) is 10.1 Å². The van der Waals surface area contributed by atoms with E-state index in [9.17, 15) is 86.3 Å². The van der Waals surface area contributed by atoms with Gasteiger partial charge in [0.25, 0.3) is 23.6 Å². The molecule has 7 atom stereocenters. The molecule has 127 heavy (non-hydrogen) atoms. The lowest BCUT2D eigenvalue weighted by atomic mass is 9.96. The number of carboxylic acids is 3. The second-order valence-corrected chi connectivity index (χ2v) is 30.2. The van der Waals surface area contributed by atoms with Crippen LogP contribution in [0.25, 0.3) is 0 Å². The maximum absolute atomic E-state index is 12.5. The fourth-order valence-corrected chi connectivity index (χ4v) is 10.9. The maximum Gasteiger partial charge on any atom is 0.347 e. The highest BCUT2D eigenvalue weighted by molar-refractivity contribution is 6.04. The lowest BCUT2D eigenvalue weighted by Crippen LogP contribution is -2.39. The standard InChI is InChI=1S/C30H38O9.C24H32N2O13.C16H26O9.C13H16O4.C4H10O3/c1-21(2)25(29(33)38-19-23-11-7-5-8-12-23)27(31)36-17-15-35-16-18-37-28(32)26(22(3)4)30(34)39-20-24-13-9-6-10-14-24;1-13(2)19(23(33)38-25-15(27)5-6-16(25)28)21(31)36-11-9-35-10-12-37-22(32)20(14(3)4)24(34)39-26-17(29)7-8-18(26)30;1-9(2)11(13(17)18)15(21)24-7-5-23-6-8-25-16(22)12(10(3)4)14(19)20;1-9(2)11(12(14)15)13(16)17-8-10-6-4-3-5-7-10;5-1-3-7-4-2-6/h5-14,21-22,25-26H,15-20H2,1-4H3;13-14,19-20H,5-12H2,1-4H3;9-12H,5-8H2,1-4H3,(H,17,18)(H,19,20);3-7,9,11H,8H2,1-2H3,(H,14,15);5-6H,1-4H2/t25-,26+;19-,20+;11-,12+;11-;/m...1./s1. The Morgan fingerprint density at radius 3 is 0.614 bits per heavy atom. The highest BCUT2D eigenvalue weighted by Gasteiger charge is 2.43. The predicted molar refractivity (Wildman–Crippen MR) is 437 cm³/mol. The van der Waals surface area contributed by atoms with Gasteiger partial charge in [0.15, 0.2) is 41.4 Å². The molecule has 0 aliphatic carbocycles. The van der Waals surface area contributed by atoms with Crippen LogP contribution in [0.2, 0.25) is 0 Å². The number of carboxylic acid groups (broad SMARTS) is 3. The molecule has 5 rings (SSSR count). The molecule has 2 aliphatic heterocycles. The third kappa shape index (κ3) is 44.8. The van der Waals surface area contributed by atoms with Crippen LogP contribution in [0.4, 0.5) is 0 Å². The van der Waals surface area contributed by atoms with Crippen molar-refractivity contribution >= 4 is 107 Å². The van der Waals surface area contributed by atoms with Gasteiger partial charge in [-0.2, -0.15) is 0 Å². The average molecular weight is 1800 g/mol. The number of ether oxygens (including phenoxy) is 13. The van der Waals surface area contributed by atoms with Crippen molar-refractivity contribution in [3.8, 4) is 0 Å². The number of benzene rings is 3. The number of amides is 4. The average Bonchev–Trinajstić information content (AvgIpc) is 1.74. The van der Waals surface area contributed by atoms with E-state index in [0.717, 1.165) is 16.7 Å². The molecule has 40 nitrogen and oxygen atoms in total. The minimum Gasteiger partial charge on any atom is -0.481 e. The van der Waals surface area contributed by atoms with Crippen molar-refractivity contribution in [2.45, 2.75) is 142 Å². The van der Waals surface area contributed by atoms with Crippen LogP contribution in [0.1, 0.15) is 139 Å². The van der Waals surface area contributed by atoms with Gasteiger partial charge in [0.05, 0.1) is 66.1 Å². The number of aliphatic hydroxyl groups excluding tert-OH is 2. The van der Waals surface area contributed by atoms with Crippen LogP contribution in [0, 0.1) is 82.9 Å². The summed E-state index contributed by atoms with van der Waals surface area (Å²) in [4.78, 5) is 223. The van der Waals surface area contributed by atoms with E-state index in [1.54, 1.807) is 96.9 Å². The second-order valence-electron chi connectivity index (χ2n) is 30.2. The first-order chi connectivity index (χ1) is 60.1. The second kappa shape index (κ2) is 63.2. The number of rotatable bonds is 51. The Morgan fingerprint density at radius 1 is 0.252 bits per heavy atom. The normalized spacial score (nSPS) is 13.9. The van der Waals surface area contributed by atoms with Gasteiger partial charge < -0.3 is 96.8 Å². The predicted octanol–water partition coefficient (Wildman–Crippen LogP) is 5.85. The molecule has 0 bridgehead atoms. The van der Waals surface area contributed by atoms with E-state index < -0.39 is 172 Å². The van der Waals surface area contributed by atoms with Crippen LogP contribution in [0.5, 0.6) is 0 Å². The van der Waals surface area contributed by atoms with Crippen molar-refractivity contribution in [3.05, 3.63) is 108 Å². The van der Waals surface area contributed by atoms with Crippen LogP contribution in [0.15, 0.2) is 91.0 Å². The van der Waals surface area contributed by atoms with Crippen LogP contribution < -0.4 is 0 Å². The number of imide groups is 2. The van der Waals surface area contributed by atoms with Crippen LogP contribution in [-0.4, -0.2) is 249 Å². The summed E-state index contributed by atoms with van der Waals surface area (Å²) in [6.07, 6.45) is -0.340. The fourth-order valence-electron chi connectivity index (χ4n) is 10.9. The molecule has 2 saturated heterocycles. The molecule has 0 saturated carbocycles. The van der Waals surface area contributed by atoms with E-state index in [-0.39, 0.29) is 156 Å². The zero-order valence-corrected chi connectivity index (χ0v) is 74.1. The van der Waals surface area contributed by atoms with Crippen molar-refractivity contribution in [2.24, 2.45) is 82.9 Å². The molecule has 0 unspecified atom stereocenters. The number of aliphatic carboxylic acids is 3. The molecule has 0 radical (unpaired) electrons. The molecule has 3 aromatic rings. The molecule has 2 aliphatic rings. The van der Waals surface area contributed by atoms with Crippen LogP contribution in [0.3, 0.4) is 0 Å². The van der Waals surface area contributed by atoms with E-state index >= 15 is 0 Å². The minimum atomic E-state index is -1.38. The smallest absolute Gasteiger partial charge is 0.347 e. The highest BCUT2D eigenvalue weighted by Crippen LogP contribution is 2.24. The van der Waals surface area contributed by atoms with Gasteiger partial charge in [0.2, 0.25) is 0 Å². The lowest BCUT2D eigenvalue weighted by Gasteiger charge is -2.21. The number of aliphatic hydroxyl groups is 2. The number of carbonyl (C=O) groups excluding carboxylic acids is 15. The number of hydrogen-bond donors (Lipinski definition) is 5. The number of carbonyl (C=O) groups is 18. The van der Waals surface area contributed by atoms with E-state index in [2.05, 4.69) is 4.74 Å². The third-order valence-corrected chi connectivity index (χ3v) is 17.6. The SMILES string of the molecule is CC(C)[C@H](C(=O)O)C(=O)OCCOCCOC(=O)[C@H](C(=O)O)C(C)C.CC(C)[C@H](C(=O)O)C(=O)OCc1ccccc1.CC(C)[C@H](C(=O)OCCOCCOC(=O)[C@@H](C(=O)OCc1ccccc1)C(C)C)C(=O)OCc1ccccc1.CC(C)[C@H](C(=O)OCCOCCOC(=O)[C@@H](C(=O)ON1C(=O)CCC1=O)C(C)C)C(=O)ON1C(=O)CCC1=O.OCCOCCO. The number of esters is 9. The third-order valence-electron chi connectivity index (χ3n) is 17.6. The zero-order valence-electron chi connectivity index (χ0n) is 74.1. The lowest BCUT2D eigenvalue weighted by molar-refractivity contribution is -0.204. The Labute approximate surface area is 736 Å². The van der Waals surface area contributed by atoms with Crippen molar-refractivity contribution in [2.75, 3.05) is 106 Å². The van der Waals surface area contributed by atoms with E-state index in [1.165, 1.54) is 0 Å². The van der Waals surface area contributed by atoms with Crippen molar-refractivity contribution in [3.63, 3.8) is 0 Å². The van der Waals surface area contributed by atoms with E-state index in [4.69, 9.17) is 92.1 Å². The van der Waals surface area contributed by atoms with Gasteiger partial charge in [-0.15, -0.1) is 10.1 Å². The topological polar surface area (TPSA) is 553 Å². The molecular weight excluding hydrogens is 1680 g/mol. The van der Waals surface area contributed by atoms with Gasteiger partial charge >= 0.3 is 83.6 Å². The summed E-state index contributed by atoms with van der Waals surface area (Å²) in [6, 6.07) is 27.5. The Kier molecular flexibility index (Phi) is 56.4. The quantitative estimate of drug-likeness (QED) is 0.0145. The molecule has 708 valence electrons. The van der Waals surface area contributed by atoms with Gasteiger partial charge in [-0.25, -0.2) is 9.59 Å². The fraction of sp³-hybridized carbons (Fsp3) is 0.586. The van der Waals surface area contributed by atoms with Gasteiger partial charge in [-0.3, -0.25) is 76.7 Å². The maximum atomic E-state index is 12.5. The van der Waals surface area contributed by atoms with Gasteiger partial charge in [-0.1, -0.05) is 188 Å². The van der Waals surface area contributed by atoms with Gasteiger partial charge in [0.1, 0.15) is 59.5 Å². The summed E-state index contributed by atoms with van der Waals surface area (Å²) in [6.45, 7) is 22.8. The summed E-state index contributed by atoms with van der Waals surface area (Å²) in [5, 5.41) is 43.7. The molecule has 0 spiro atoms. The minimum absolute atomic E-state index is 0.000262. The van der Waals surface area contributed by atoms with Gasteiger partial charge in [0, 0.05) is 25.7 Å². The summed E-state index contributed by atoms with van der Waals surface area (Å²) in [5.41, 5.74) is 2.48. The molecule has 4 amide bonds. The van der Waals surface area contributed by atoms with Crippen molar-refractivity contribution < 1.29 is 183 Å². The molecule has 5 N–H and O–H groups in total. The summed E-state index contributed by atoms with van der Waals surface area (Å²) in [7, 11) is 0. The number of hydroxylamine groups is 4. The molecule has 2 fully saturated rings. The monoisotopic (exact) mass is 1800 g/mol. The Balaban J connectivity index is 0.000000857. The summed E-state index contributed by atoms with van der Waals surface area (Å²) < 4.78 is 66.0. The van der Waals surface area contributed by atoms with E-state index in [1.807, 2.05) is 91.0 Å². The summed E-state index contributed by atoms with van der Waals surface area (Å²) >= 11 is 0. The molecule has 40 heteroatoms. The Hall–Kier alpha value is -11.7. The van der Waals surface area contributed by atoms with E-state index in [0.29, 0.717) is 23.3 Å². The molecule has 3 aromatic carbocycles. The van der Waals surface area contributed by atoms with Gasteiger partial charge in [-0.05, 0) is 58.1 Å². The zero-order chi connectivity index (χ0) is 95.8. The van der Waals surface area contributed by atoms with Crippen LogP contribution in [-0.2, 0) is 177 Å². The van der Waals surface area contributed by atoms with Crippen molar-refractivity contribution in [1.29, 1.82) is 0 Å². The Bertz CT molecular complexity index is 3700. The largest absolute Gasteiger partial charge is 0.481 e. The summed E-state index contributed by atoms with van der Waals surface area (Å²) in [5.74, 6) is -26.6. The first-order valence-corrected chi connectivity index (χ1v) is 41.1. The Morgan fingerprint density at radius 2 is 0.425 bits per heavy atom. The first-order valence-electron chi connectivity index (χ1n) is 41.1. The molecular formula is C87H122N2O38. The molecule has 2 heterocycles. The van der Waals surface area contributed by atoms with Crippen LogP contribution >= 0.6 is 0 Å². The number of nitrogens with zero attached hydrogens (tertiary/aromatic N) is 2. The first kappa shape index (κ1) is 113. The molecule has 0 aromatic heterocycles.